The van der Waals surface area contributed by atoms with E-state index in [1.807, 2.05) is 0 Å². The first-order valence-electron chi connectivity index (χ1n) is 8.54. The molecule has 1 aromatic rings. The first-order valence-corrected chi connectivity index (χ1v) is 9.34. The van der Waals surface area contributed by atoms with E-state index in [1.54, 1.807) is 11.1 Å². The molecule has 21 heavy (non-hydrogen) atoms. The quantitative estimate of drug-likeness (QED) is 0.823. The Bertz CT molecular complexity index is 514. The summed E-state index contributed by atoms with van der Waals surface area (Å²) in [4.78, 5) is 2.89. The average molecular weight is 349 g/mol. The molecule has 1 saturated carbocycles. The summed E-state index contributed by atoms with van der Waals surface area (Å²) >= 11 is 3.63. The van der Waals surface area contributed by atoms with Gasteiger partial charge >= 0.3 is 0 Å². The van der Waals surface area contributed by atoms with Crippen LogP contribution in [-0.4, -0.2) is 30.1 Å². The van der Waals surface area contributed by atoms with Gasteiger partial charge in [0.2, 0.25) is 0 Å². The Morgan fingerprint density at radius 1 is 1.19 bits per heavy atom. The molecule has 1 unspecified atom stereocenters. The maximum absolute atomic E-state index is 3.68. The zero-order chi connectivity index (χ0) is 14.3. The van der Waals surface area contributed by atoms with Gasteiger partial charge in [-0.05, 0) is 48.9 Å². The van der Waals surface area contributed by atoms with Gasteiger partial charge in [0.1, 0.15) is 0 Å². The van der Waals surface area contributed by atoms with Crippen molar-refractivity contribution in [2.75, 3.05) is 19.6 Å². The SMILES string of the molecule is Brc1ccc2c(c1)CCC2N1CCNCC12CCCCC2. The van der Waals surface area contributed by atoms with E-state index in [2.05, 4.69) is 44.3 Å². The number of benzene rings is 1. The second kappa shape index (κ2) is 5.68. The van der Waals surface area contributed by atoms with Crippen LogP contribution in [0.3, 0.4) is 0 Å². The summed E-state index contributed by atoms with van der Waals surface area (Å²) in [6, 6.07) is 7.60. The Labute approximate surface area is 136 Å². The van der Waals surface area contributed by atoms with Gasteiger partial charge in [0, 0.05) is 35.7 Å². The van der Waals surface area contributed by atoms with Crippen molar-refractivity contribution in [1.82, 2.24) is 10.2 Å². The maximum Gasteiger partial charge on any atom is 0.0360 e. The molecule has 1 heterocycles. The number of rotatable bonds is 1. The molecule has 1 spiro atoms. The molecule has 1 aromatic carbocycles. The van der Waals surface area contributed by atoms with E-state index in [-0.39, 0.29) is 0 Å². The highest BCUT2D eigenvalue weighted by molar-refractivity contribution is 9.10. The van der Waals surface area contributed by atoms with Gasteiger partial charge in [-0.1, -0.05) is 41.3 Å². The lowest BCUT2D eigenvalue weighted by atomic mass is 9.78. The van der Waals surface area contributed by atoms with E-state index in [1.165, 1.54) is 62.5 Å². The van der Waals surface area contributed by atoms with Crippen molar-refractivity contribution in [1.29, 1.82) is 0 Å². The summed E-state index contributed by atoms with van der Waals surface area (Å²) < 4.78 is 1.23. The predicted octanol–water partition coefficient (Wildman–Crippen LogP) is 4.04. The first-order chi connectivity index (χ1) is 10.3. The predicted molar refractivity (Wildman–Crippen MR) is 90.6 cm³/mol. The van der Waals surface area contributed by atoms with Crippen LogP contribution in [0.2, 0.25) is 0 Å². The Balaban J connectivity index is 1.66. The van der Waals surface area contributed by atoms with Crippen molar-refractivity contribution >= 4 is 15.9 Å². The van der Waals surface area contributed by atoms with Gasteiger partial charge in [0.15, 0.2) is 0 Å². The second-order valence-electron chi connectivity index (χ2n) is 7.05. The van der Waals surface area contributed by atoms with Crippen LogP contribution in [0, 0.1) is 0 Å². The van der Waals surface area contributed by atoms with Crippen molar-refractivity contribution in [2.24, 2.45) is 0 Å². The van der Waals surface area contributed by atoms with Crippen LogP contribution in [0.1, 0.15) is 55.7 Å². The molecular weight excluding hydrogens is 324 g/mol. The number of fused-ring (bicyclic) bond motifs is 1. The summed E-state index contributed by atoms with van der Waals surface area (Å²) in [5.74, 6) is 0. The third kappa shape index (κ3) is 2.47. The van der Waals surface area contributed by atoms with Crippen LogP contribution in [0.4, 0.5) is 0 Å². The lowest BCUT2D eigenvalue weighted by Crippen LogP contribution is -2.62. The third-order valence-corrected chi connectivity index (χ3v) is 6.40. The Hall–Kier alpha value is -0.380. The van der Waals surface area contributed by atoms with Crippen LogP contribution in [0.25, 0.3) is 0 Å². The van der Waals surface area contributed by atoms with Crippen LogP contribution < -0.4 is 5.32 Å². The van der Waals surface area contributed by atoms with Crippen molar-refractivity contribution < 1.29 is 0 Å². The van der Waals surface area contributed by atoms with E-state index < -0.39 is 0 Å². The Morgan fingerprint density at radius 2 is 2.05 bits per heavy atom. The van der Waals surface area contributed by atoms with Crippen molar-refractivity contribution in [3.05, 3.63) is 33.8 Å². The highest BCUT2D eigenvalue weighted by Gasteiger charge is 2.44. The Morgan fingerprint density at radius 3 is 2.90 bits per heavy atom. The van der Waals surface area contributed by atoms with E-state index in [9.17, 15) is 0 Å². The molecule has 0 bridgehead atoms. The molecule has 2 fully saturated rings. The van der Waals surface area contributed by atoms with Crippen molar-refractivity contribution in [3.8, 4) is 0 Å². The fourth-order valence-corrected chi connectivity index (χ4v) is 5.32. The molecular formula is C18H25BrN2. The van der Waals surface area contributed by atoms with Gasteiger partial charge in [-0.3, -0.25) is 4.90 Å². The van der Waals surface area contributed by atoms with Crippen molar-refractivity contribution in [2.45, 2.75) is 56.5 Å². The summed E-state index contributed by atoms with van der Waals surface area (Å²) in [6.45, 7) is 3.58. The summed E-state index contributed by atoms with van der Waals surface area (Å²) in [5.41, 5.74) is 3.61. The second-order valence-corrected chi connectivity index (χ2v) is 7.97. The molecule has 0 amide bonds. The number of nitrogens with one attached hydrogen (secondary N) is 1. The van der Waals surface area contributed by atoms with Crippen LogP contribution in [0.15, 0.2) is 22.7 Å². The topological polar surface area (TPSA) is 15.3 Å². The number of nitrogens with zero attached hydrogens (tertiary/aromatic N) is 1. The van der Waals surface area contributed by atoms with E-state index >= 15 is 0 Å². The normalized spacial score (nSPS) is 28.7. The molecule has 3 aliphatic rings. The minimum Gasteiger partial charge on any atom is -0.314 e. The molecule has 1 N–H and O–H groups in total. The van der Waals surface area contributed by atoms with Gasteiger partial charge in [-0.25, -0.2) is 0 Å². The van der Waals surface area contributed by atoms with E-state index in [4.69, 9.17) is 0 Å². The lowest BCUT2D eigenvalue weighted by molar-refractivity contribution is -0.00795. The highest BCUT2D eigenvalue weighted by Crippen LogP contribution is 2.45. The fourth-order valence-electron chi connectivity index (χ4n) is 4.91. The molecule has 1 aliphatic heterocycles. The highest BCUT2D eigenvalue weighted by atomic mass is 79.9. The molecule has 0 aromatic heterocycles. The number of halogens is 1. The summed E-state index contributed by atoms with van der Waals surface area (Å²) in [5, 5.41) is 3.68. The van der Waals surface area contributed by atoms with E-state index in [0.29, 0.717) is 11.6 Å². The van der Waals surface area contributed by atoms with Gasteiger partial charge in [-0.2, -0.15) is 0 Å². The monoisotopic (exact) mass is 348 g/mol. The van der Waals surface area contributed by atoms with Crippen LogP contribution in [0.5, 0.6) is 0 Å². The number of hydrogen-bond donors (Lipinski definition) is 1. The summed E-state index contributed by atoms with van der Waals surface area (Å²) in [6.07, 6.45) is 9.61. The molecule has 3 heteroatoms. The Kier molecular flexibility index (Phi) is 3.85. The van der Waals surface area contributed by atoms with Gasteiger partial charge < -0.3 is 5.32 Å². The van der Waals surface area contributed by atoms with Crippen LogP contribution >= 0.6 is 15.9 Å². The largest absolute Gasteiger partial charge is 0.314 e. The molecule has 0 radical (unpaired) electrons. The van der Waals surface area contributed by atoms with Gasteiger partial charge in [0.25, 0.3) is 0 Å². The first kappa shape index (κ1) is 14.2. The standard InChI is InChI=1S/C18H25BrN2/c19-15-5-6-16-14(12-15)4-7-17(16)21-11-10-20-13-18(21)8-2-1-3-9-18/h5-6,12,17,20H,1-4,7-11,13H2. The third-order valence-electron chi connectivity index (χ3n) is 5.90. The molecule has 1 atom stereocenters. The fraction of sp³-hybridized carbons (Fsp3) is 0.667. The maximum atomic E-state index is 3.68. The van der Waals surface area contributed by atoms with E-state index in [0.717, 1.165) is 6.54 Å². The lowest BCUT2D eigenvalue weighted by Gasteiger charge is -2.52. The van der Waals surface area contributed by atoms with Crippen LogP contribution in [-0.2, 0) is 6.42 Å². The molecule has 1 saturated heterocycles. The average Bonchev–Trinajstić information content (AvgIpc) is 2.91. The smallest absolute Gasteiger partial charge is 0.0360 e. The molecule has 2 aliphatic carbocycles. The van der Waals surface area contributed by atoms with Gasteiger partial charge in [0.05, 0.1) is 0 Å². The molecule has 4 rings (SSSR count). The molecule has 114 valence electrons. The minimum absolute atomic E-state index is 0.440. The van der Waals surface area contributed by atoms with Gasteiger partial charge in [-0.15, -0.1) is 0 Å². The number of piperazine rings is 1. The zero-order valence-corrected chi connectivity index (χ0v) is 14.3. The summed E-state index contributed by atoms with van der Waals surface area (Å²) in [7, 11) is 0. The zero-order valence-electron chi connectivity index (χ0n) is 12.7. The number of aryl methyl sites for hydroxylation is 1. The minimum atomic E-state index is 0.440. The number of hydrogen-bond acceptors (Lipinski definition) is 2. The molecule has 2 nitrogen and oxygen atoms in total. The van der Waals surface area contributed by atoms with Crippen molar-refractivity contribution in [3.63, 3.8) is 0 Å².